The maximum atomic E-state index is 14.6. The molecule has 1 aliphatic carbocycles. The largest absolute Gasteiger partial charge is 0.460 e. The van der Waals surface area contributed by atoms with E-state index in [-0.39, 0.29) is 62.4 Å². The summed E-state index contributed by atoms with van der Waals surface area (Å²) in [6.45, 7) is 8.96. The Balaban J connectivity index is 1.51. The summed E-state index contributed by atoms with van der Waals surface area (Å²) in [5.74, 6) is -9.50. The Morgan fingerprint density at radius 1 is 0.849 bits per heavy atom. The van der Waals surface area contributed by atoms with Crippen molar-refractivity contribution in [2.24, 2.45) is 41.4 Å². The third kappa shape index (κ3) is 16.0. The molecule has 5 rings (SSSR count). The van der Waals surface area contributed by atoms with Crippen LogP contribution in [-0.4, -0.2) is 160 Å². The summed E-state index contributed by atoms with van der Waals surface area (Å²) in [6.07, 6.45) is 8.45. The standard InChI is InChI=1S/C55H83F2NO15/c1-32-14-11-10-12-15-33(2)44(70-25-24-69-23-22-66-7)30-39-19-17-37(6)55(65,73-39)51(62)52(63)58-21-13-16-40-41(28-38-18-20-43(72-54(56)57)46(29-38)67-8)45(71-53(64)47(40)58)31-42(59)34(3)27-36(5)49(61)50(68-9)48(60)35(4)26-32/h10-12,14-15,27,32,34-35,37-41,43-47,49-50,54,61,65H,13,16-26,28-31H2,1-9H3/b12-10+,14-11+,33-15?,36-27+/t32-,34-,35-,37-,38+,39+,40-,41?,43-,44?,45+,46-,47?,49-,50+,55-/m1/s1. The Kier molecular flexibility index (Phi) is 23.5. The first-order valence-electron chi connectivity index (χ1n) is 26.3. The lowest BCUT2D eigenvalue weighted by atomic mass is 9.68. The first-order chi connectivity index (χ1) is 34.7. The van der Waals surface area contributed by atoms with Gasteiger partial charge in [-0.2, -0.15) is 8.78 Å². The summed E-state index contributed by atoms with van der Waals surface area (Å²) in [4.78, 5) is 72.8. The number of esters is 1. The molecule has 0 spiro atoms. The van der Waals surface area contributed by atoms with Gasteiger partial charge in [-0.15, -0.1) is 0 Å². The second-order valence-electron chi connectivity index (χ2n) is 21.1. The van der Waals surface area contributed by atoms with Crippen LogP contribution in [-0.2, 0) is 61.9 Å². The normalized spacial score (nSPS) is 38.7. The topological polar surface area (TPSA) is 203 Å². The van der Waals surface area contributed by atoms with E-state index in [0.717, 1.165) is 5.57 Å². The smallest absolute Gasteiger partial charge is 0.345 e. The number of methoxy groups -OCH3 is 3. The van der Waals surface area contributed by atoms with Crippen molar-refractivity contribution in [3.63, 3.8) is 0 Å². The number of allylic oxidation sites excluding steroid dienone is 6. The van der Waals surface area contributed by atoms with Gasteiger partial charge in [-0.05, 0) is 101 Å². The monoisotopic (exact) mass is 1040 g/mol. The lowest BCUT2D eigenvalue weighted by molar-refractivity contribution is -0.266. The number of alkyl halides is 2. The molecule has 4 bridgehead atoms. The molecule has 1 saturated carbocycles. The minimum Gasteiger partial charge on any atom is -0.460 e. The number of aliphatic hydroxyl groups excluding tert-OH is 1. The number of nitrogens with zero attached hydrogens (tertiary/aromatic N) is 1. The van der Waals surface area contributed by atoms with E-state index in [9.17, 15) is 43.0 Å². The van der Waals surface area contributed by atoms with Gasteiger partial charge in [0.05, 0.1) is 50.8 Å². The molecule has 0 aromatic rings. The maximum Gasteiger partial charge on any atom is 0.345 e. The molecule has 2 N–H and O–H groups in total. The quantitative estimate of drug-likeness (QED) is 0.0855. The van der Waals surface area contributed by atoms with Gasteiger partial charge >= 0.3 is 12.6 Å². The summed E-state index contributed by atoms with van der Waals surface area (Å²) in [6, 6.07) is -1.23. The number of Topliss-reactive ketones (excluding diaryl/α,β-unsaturated/α-hetero) is 3. The molecule has 412 valence electrons. The predicted molar refractivity (Wildman–Crippen MR) is 265 cm³/mol. The van der Waals surface area contributed by atoms with E-state index in [2.05, 4.69) is 0 Å². The summed E-state index contributed by atoms with van der Waals surface area (Å²) in [5.41, 5.74) is 1.17. The molecule has 0 aromatic carbocycles. The molecule has 16 atom stereocenters. The molecule has 4 fully saturated rings. The minimum atomic E-state index is -2.98. The van der Waals surface area contributed by atoms with Crippen LogP contribution >= 0.6 is 0 Å². The molecule has 1 amide bonds. The number of ether oxygens (including phenoxy) is 8. The van der Waals surface area contributed by atoms with Gasteiger partial charge in [0.2, 0.25) is 5.79 Å². The Bertz CT molecular complexity index is 1980. The molecule has 3 unspecified atom stereocenters. The number of amides is 1. The number of carbonyl (C=O) groups excluding carboxylic acids is 5. The van der Waals surface area contributed by atoms with Crippen LogP contribution in [0.15, 0.2) is 47.6 Å². The fraction of sp³-hybridized carbons (Fsp3) is 0.764. The molecule has 3 saturated heterocycles. The predicted octanol–water partition coefficient (Wildman–Crippen LogP) is 6.68. The van der Waals surface area contributed by atoms with Crippen molar-refractivity contribution >= 4 is 29.2 Å². The Hall–Kier alpha value is -3.59. The number of fused-ring (bicyclic) bond motifs is 4. The van der Waals surface area contributed by atoms with Crippen molar-refractivity contribution in [2.75, 3.05) is 54.3 Å². The fourth-order valence-electron chi connectivity index (χ4n) is 11.6. The van der Waals surface area contributed by atoms with E-state index in [1.54, 1.807) is 40.9 Å². The average molecular weight is 1040 g/mol. The minimum absolute atomic E-state index is 0.0219. The van der Waals surface area contributed by atoms with Crippen molar-refractivity contribution < 1.29 is 80.9 Å². The zero-order chi connectivity index (χ0) is 53.6. The molecule has 16 nitrogen and oxygen atoms in total. The number of hydrogen-bond donors (Lipinski definition) is 2. The van der Waals surface area contributed by atoms with E-state index in [4.69, 9.17) is 37.9 Å². The third-order valence-corrected chi connectivity index (χ3v) is 15.9. The SMILES string of the molecule is COCCOCCOC1C[C@@H]2CC[C@@H](C)[C@@](O)(O2)C(=O)C(=O)N2CCC[C@@H]3C(C[C@@H]4CC[C@@H](OC(F)F)[C@H](OC)C4)[C@H](CC(=O)[C@H](C)/C=C(\C)[C@@H](O)[C@@H](OC)C(=O)[C@H](C)C[C@H](C)/C=C/C=C/C=C1C)OC(=O)C32. The highest BCUT2D eigenvalue weighted by Crippen LogP contribution is 2.46. The Morgan fingerprint density at radius 3 is 2.29 bits per heavy atom. The molecule has 4 heterocycles. The summed E-state index contributed by atoms with van der Waals surface area (Å²) in [7, 11) is 4.38. The third-order valence-electron chi connectivity index (χ3n) is 15.9. The first kappa shape index (κ1) is 60.3. The Labute approximate surface area is 430 Å². The average Bonchev–Trinajstić information content (AvgIpc) is 3.35. The van der Waals surface area contributed by atoms with E-state index in [1.807, 2.05) is 44.2 Å². The van der Waals surface area contributed by atoms with E-state index >= 15 is 0 Å². The van der Waals surface area contributed by atoms with Gasteiger partial charge in [0.1, 0.15) is 30.1 Å². The lowest BCUT2D eigenvalue weighted by Crippen LogP contribution is -2.65. The zero-order valence-electron chi connectivity index (χ0n) is 44.4. The van der Waals surface area contributed by atoms with Crippen LogP contribution in [0.2, 0.25) is 0 Å². The van der Waals surface area contributed by atoms with Crippen LogP contribution in [0.25, 0.3) is 0 Å². The molecular formula is C55H83F2NO15. The van der Waals surface area contributed by atoms with Crippen LogP contribution < -0.4 is 0 Å². The van der Waals surface area contributed by atoms with Crippen molar-refractivity contribution in [3.8, 4) is 0 Å². The van der Waals surface area contributed by atoms with Crippen molar-refractivity contribution in [1.82, 2.24) is 4.90 Å². The highest BCUT2D eigenvalue weighted by Gasteiger charge is 2.57. The van der Waals surface area contributed by atoms with Gasteiger partial charge in [0.15, 0.2) is 5.78 Å². The number of hydrogen-bond acceptors (Lipinski definition) is 15. The number of piperidine rings is 1. The van der Waals surface area contributed by atoms with Crippen LogP contribution in [0.4, 0.5) is 8.78 Å². The molecule has 73 heavy (non-hydrogen) atoms. The number of ketones is 3. The molecule has 18 heteroatoms. The number of aliphatic hydroxyl groups is 2. The molecular weight excluding hydrogens is 953 g/mol. The highest BCUT2D eigenvalue weighted by atomic mass is 19.3. The second-order valence-corrected chi connectivity index (χ2v) is 21.1. The van der Waals surface area contributed by atoms with E-state index in [1.165, 1.54) is 19.1 Å². The summed E-state index contributed by atoms with van der Waals surface area (Å²) < 4.78 is 72.4. The summed E-state index contributed by atoms with van der Waals surface area (Å²) in [5, 5.41) is 23.7. The van der Waals surface area contributed by atoms with Crippen LogP contribution in [0.3, 0.4) is 0 Å². The van der Waals surface area contributed by atoms with Crippen LogP contribution in [0.1, 0.15) is 112 Å². The van der Waals surface area contributed by atoms with Gasteiger partial charge in [-0.25, -0.2) is 4.79 Å². The van der Waals surface area contributed by atoms with Crippen molar-refractivity contribution in [3.05, 3.63) is 47.6 Å². The van der Waals surface area contributed by atoms with Crippen molar-refractivity contribution in [2.45, 2.75) is 173 Å². The lowest BCUT2D eigenvalue weighted by Gasteiger charge is -2.50. The molecule has 0 aromatic heterocycles. The van der Waals surface area contributed by atoms with E-state index in [0.29, 0.717) is 70.2 Å². The zero-order valence-corrected chi connectivity index (χ0v) is 44.4. The van der Waals surface area contributed by atoms with Gasteiger partial charge in [-0.1, -0.05) is 64.2 Å². The number of rotatable bonds is 13. The maximum absolute atomic E-state index is 14.6. The van der Waals surface area contributed by atoms with Gasteiger partial charge in [-0.3, -0.25) is 19.2 Å². The van der Waals surface area contributed by atoms with Gasteiger partial charge in [0, 0.05) is 64.4 Å². The van der Waals surface area contributed by atoms with Crippen LogP contribution in [0, 0.1) is 41.4 Å². The first-order valence-corrected chi connectivity index (χ1v) is 26.3. The number of carbonyl (C=O) groups is 5. The van der Waals surface area contributed by atoms with E-state index < -0.39 is 108 Å². The molecule has 5 aliphatic rings. The second kappa shape index (κ2) is 28.5. The van der Waals surface area contributed by atoms with Crippen molar-refractivity contribution in [1.29, 1.82) is 0 Å². The van der Waals surface area contributed by atoms with Crippen LogP contribution in [0.5, 0.6) is 0 Å². The highest BCUT2D eigenvalue weighted by molar-refractivity contribution is 6.39. The summed E-state index contributed by atoms with van der Waals surface area (Å²) >= 11 is 0. The molecule has 0 radical (unpaired) electrons. The van der Waals surface area contributed by atoms with Gasteiger partial charge < -0.3 is 53.0 Å². The Morgan fingerprint density at radius 2 is 1.59 bits per heavy atom. The fourth-order valence-corrected chi connectivity index (χ4v) is 11.6. The van der Waals surface area contributed by atoms with Gasteiger partial charge in [0.25, 0.3) is 11.7 Å². The molecule has 4 aliphatic heterocycles. The number of halogens is 2.